The number of likely N-dealkylation sites (tertiary alicyclic amines) is 1. The van der Waals surface area contributed by atoms with Gasteiger partial charge in [0.15, 0.2) is 0 Å². The van der Waals surface area contributed by atoms with E-state index in [9.17, 15) is 14.4 Å². The van der Waals surface area contributed by atoms with Crippen LogP contribution in [0.4, 0.5) is 0 Å². The Morgan fingerprint density at radius 2 is 1.79 bits per heavy atom. The molecule has 3 aliphatic rings. The summed E-state index contributed by atoms with van der Waals surface area (Å²) in [4.78, 5) is 43.0. The number of rotatable bonds is 3. The van der Waals surface area contributed by atoms with Crippen LogP contribution in [-0.4, -0.2) is 69.7 Å². The molecule has 6 nitrogen and oxygen atoms in total. The monoisotopic (exact) mass is 401 g/mol. The second-order valence-electron chi connectivity index (χ2n) is 8.43. The first-order valence-corrected chi connectivity index (χ1v) is 11.1. The van der Waals surface area contributed by atoms with Crippen LogP contribution >= 0.6 is 11.8 Å². The first-order valence-electron chi connectivity index (χ1n) is 9.96. The summed E-state index contributed by atoms with van der Waals surface area (Å²) in [6, 6.07) is 7.18. The summed E-state index contributed by atoms with van der Waals surface area (Å²) in [5, 5.41) is 0. The number of carbonyl (C=O) groups is 3. The second kappa shape index (κ2) is 7.78. The third-order valence-electron chi connectivity index (χ3n) is 5.86. The number of hydrogen-bond donors (Lipinski definition) is 0. The highest BCUT2D eigenvalue weighted by Gasteiger charge is 2.42. The fraction of sp³-hybridized carbons (Fsp3) is 0.571. The molecule has 28 heavy (non-hydrogen) atoms. The average molecular weight is 402 g/mol. The zero-order valence-electron chi connectivity index (χ0n) is 16.5. The van der Waals surface area contributed by atoms with Crippen LogP contribution in [0.2, 0.25) is 0 Å². The molecule has 1 aromatic carbocycles. The zero-order valence-corrected chi connectivity index (χ0v) is 17.3. The van der Waals surface area contributed by atoms with Crippen LogP contribution in [0.25, 0.3) is 0 Å². The Labute approximate surface area is 170 Å². The number of hydrogen-bond acceptors (Lipinski definition) is 4. The molecule has 3 aliphatic heterocycles. The van der Waals surface area contributed by atoms with Crippen molar-refractivity contribution in [3.05, 3.63) is 35.4 Å². The standard InChI is InChI=1S/C21H27N3O3S/c1-14-7-15(2)9-22(8-14)20(26)17-5-3-16(4-6-17)10-23-11-19(25)24-13-28-12-18(24)21(23)27/h3-6,14-15,18H,7-13H2,1-2H3/t14-,15+,18-/m0/s1. The summed E-state index contributed by atoms with van der Waals surface area (Å²) in [5.74, 6) is 2.49. The van der Waals surface area contributed by atoms with Gasteiger partial charge < -0.3 is 14.7 Å². The molecule has 7 heteroatoms. The smallest absolute Gasteiger partial charge is 0.253 e. The molecule has 0 saturated carbocycles. The largest absolute Gasteiger partial charge is 0.338 e. The van der Waals surface area contributed by atoms with Crippen molar-refractivity contribution in [2.45, 2.75) is 32.9 Å². The van der Waals surface area contributed by atoms with E-state index in [0.29, 0.717) is 35.6 Å². The number of benzene rings is 1. The lowest BCUT2D eigenvalue weighted by atomic mass is 9.91. The summed E-state index contributed by atoms with van der Waals surface area (Å²) in [7, 11) is 0. The van der Waals surface area contributed by atoms with Crippen LogP contribution in [0.5, 0.6) is 0 Å². The summed E-state index contributed by atoms with van der Waals surface area (Å²) in [5.41, 5.74) is 1.63. The Morgan fingerprint density at radius 3 is 2.46 bits per heavy atom. The third kappa shape index (κ3) is 3.77. The van der Waals surface area contributed by atoms with Gasteiger partial charge >= 0.3 is 0 Å². The first-order chi connectivity index (χ1) is 13.4. The summed E-state index contributed by atoms with van der Waals surface area (Å²) in [6.07, 6.45) is 1.17. The summed E-state index contributed by atoms with van der Waals surface area (Å²) < 4.78 is 0. The van der Waals surface area contributed by atoms with Crippen molar-refractivity contribution in [1.82, 2.24) is 14.7 Å². The maximum absolute atomic E-state index is 12.8. The molecule has 3 saturated heterocycles. The van der Waals surface area contributed by atoms with E-state index in [1.54, 1.807) is 21.6 Å². The minimum absolute atomic E-state index is 0.0229. The summed E-state index contributed by atoms with van der Waals surface area (Å²) in [6.45, 7) is 6.56. The average Bonchev–Trinajstić information content (AvgIpc) is 3.16. The zero-order chi connectivity index (χ0) is 19.8. The molecular formula is C21H27N3O3S. The van der Waals surface area contributed by atoms with Gasteiger partial charge in [-0.15, -0.1) is 11.8 Å². The normalized spacial score (nSPS) is 27.9. The van der Waals surface area contributed by atoms with Crippen LogP contribution < -0.4 is 0 Å². The second-order valence-corrected chi connectivity index (χ2v) is 9.43. The SMILES string of the molecule is C[C@@H]1C[C@H](C)CN(C(=O)c2ccc(CN3CC(=O)N4CSC[C@H]4C3=O)cc2)C1. The molecule has 3 atom stereocenters. The maximum atomic E-state index is 12.8. The molecule has 3 fully saturated rings. The number of fused-ring (bicyclic) bond motifs is 1. The molecule has 1 aromatic rings. The van der Waals surface area contributed by atoms with E-state index in [-0.39, 0.29) is 30.3 Å². The van der Waals surface area contributed by atoms with Crippen molar-refractivity contribution >= 4 is 29.5 Å². The molecule has 0 N–H and O–H groups in total. The van der Waals surface area contributed by atoms with Crippen LogP contribution in [0.3, 0.4) is 0 Å². The Balaban J connectivity index is 1.41. The van der Waals surface area contributed by atoms with Crippen molar-refractivity contribution in [2.24, 2.45) is 11.8 Å². The quantitative estimate of drug-likeness (QED) is 0.778. The predicted molar refractivity (Wildman–Crippen MR) is 109 cm³/mol. The Bertz CT molecular complexity index is 772. The van der Waals surface area contributed by atoms with Crippen molar-refractivity contribution in [2.75, 3.05) is 31.3 Å². The number of piperazine rings is 1. The minimum atomic E-state index is -0.310. The van der Waals surface area contributed by atoms with E-state index in [4.69, 9.17) is 0 Å². The van der Waals surface area contributed by atoms with Gasteiger partial charge in [-0.3, -0.25) is 14.4 Å². The maximum Gasteiger partial charge on any atom is 0.253 e. The van der Waals surface area contributed by atoms with Gasteiger partial charge in [-0.1, -0.05) is 26.0 Å². The topological polar surface area (TPSA) is 60.9 Å². The molecule has 0 radical (unpaired) electrons. The molecule has 0 unspecified atom stereocenters. The molecular weight excluding hydrogens is 374 g/mol. The Kier molecular flexibility index (Phi) is 5.36. The Hall–Kier alpha value is -2.02. The highest BCUT2D eigenvalue weighted by atomic mass is 32.2. The molecule has 0 aromatic heterocycles. The lowest BCUT2D eigenvalue weighted by Crippen LogP contribution is -2.57. The fourth-order valence-corrected chi connectivity index (χ4v) is 5.73. The van der Waals surface area contributed by atoms with Gasteiger partial charge in [-0.25, -0.2) is 0 Å². The van der Waals surface area contributed by atoms with Crippen LogP contribution in [-0.2, 0) is 16.1 Å². The molecule has 4 rings (SSSR count). The molecule has 0 spiro atoms. The highest BCUT2D eigenvalue weighted by molar-refractivity contribution is 7.99. The van der Waals surface area contributed by atoms with E-state index < -0.39 is 0 Å². The highest BCUT2D eigenvalue weighted by Crippen LogP contribution is 2.27. The van der Waals surface area contributed by atoms with Gasteiger partial charge in [0.05, 0.1) is 5.88 Å². The van der Waals surface area contributed by atoms with Gasteiger partial charge in [-0.05, 0) is 36.0 Å². The van der Waals surface area contributed by atoms with Crippen molar-refractivity contribution in [3.8, 4) is 0 Å². The fourth-order valence-electron chi connectivity index (χ4n) is 4.55. The van der Waals surface area contributed by atoms with E-state index in [1.807, 2.05) is 29.2 Å². The molecule has 150 valence electrons. The van der Waals surface area contributed by atoms with Gasteiger partial charge in [0.25, 0.3) is 5.91 Å². The Morgan fingerprint density at radius 1 is 1.11 bits per heavy atom. The number of amides is 3. The predicted octanol–water partition coefficient (Wildman–Crippen LogP) is 2.05. The number of carbonyl (C=O) groups excluding carboxylic acids is 3. The van der Waals surface area contributed by atoms with Crippen LogP contribution in [0.15, 0.2) is 24.3 Å². The lowest BCUT2D eigenvalue weighted by Gasteiger charge is -2.36. The molecule has 3 amide bonds. The lowest BCUT2D eigenvalue weighted by molar-refractivity contribution is -0.153. The van der Waals surface area contributed by atoms with E-state index >= 15 is 0 Å². The van der Waals surface area contributed by atoms with Crippen LogP contribution in [0, 0.1) is 11.8 Å². The first kappa shape index (κ1) is 19.3. The molecule has 3 heterocycles. The van der Waals surface area contributed by atoms with Crippen molar-refractivity contribution < 1.29 is 14.4 Å². The van der Waals surface area contributed by atoms with Crippen LogP contribution in [0.1, 0.15) is 36.2 Å². The number of nitrogens with zero attached hydrogens (tertiary/aromatic N) is 3. The van der Waals surface area contributed by atoms with E-state index in [1.165, 1.54) is 6.42 Å². The number of piperidine rings is 1. The van der Waals surface area contributed by atoms with E-state index in [2.05, 4.69) is 13.8 Å². The third-order valence-corrected chi connectivity index (χ3v) is 6.87. The molecule has 0 bridgehead atoms. The summed E-state index contributed by atoms with van der Waals surface area (Å²) >= 11 is 1.63. The van der Waals surface area contributed by atoms with Gasteiger partial charge in [0, 0.05) is 31.0 Å². The number of thioether (sulfide) groups is 1. The van der Waals surface area contributed by atoms with E-state index in [0.717, 1.165) is 18.7 Å². The van der Waals surface area contributed by atoms with Gasteiger partial charge in [-0.2, -0.15) is 0 Å². The van der Waals surface area contributed by atoms with Gasteiger partial charge in [0.2, 0.25) is 11.8 Å². The van der Waals surface area contributed by atoms with Crippen molar-refractivity contribution in [1.29, 1.82) is 0 Å². The minimum Gasteiger partial charge on any atom is -0.338 e. The van der Waals surface area contributed by atoms with Crippen molar-refractivity contribution in [3.63, 3.8) is 0 Å². The van der Waals surface area contributed by atoms with Gasteiger partial charge in [0.1, 0.15) is 12.6 Å². The molecule has 0 aliphatic carbocycles.